The maximum absolute atomic E-state index is 6.21. The highest BCUT2D eigenvalue weighted by molar-refractivity contribution is 7.09. The molecule has 0 radical (unpaired) electrons. The van der Waals surface area contributed by atoms with Crippen LogP contribution in [-0.2, 0) is 13.5 Å². The Hall–Kier alpha value is -1.20. The number of nitrogens with two attached hydrogens (primary N) is 1. The van der Waals surface area contributed by atoms with Crippen molar-refractivity contribution in [2.75, 3.05) is 0 Å². The summed E-state index contributed by atoms with van der Waals surface area (Å²) in [5.74, 6) is 0. The van der Waals surface area contributed by atoms with Crippen LogP contribution in [0.2, 0.25) is 0 Å². The number of rotatable bonds is 3. The van der Waals surface area contributed by atoms with Crippen LogP contribution >= 0.6 is 11.3 Å². The van der Waals surface area contributed by atoms with Crippen molar-refractivity contribution in [2.45, 2.75) is 26.3 Å². The second-order valence-electron chi connectivity index (χ2n) is 3.94. The van der Waals surface area contributed by atoms with E-state index in [0.29, 0.717) is 0 Å². The van der Waals surface area contributed by atoms with Crippen LogP contribution in [-0.4, -0.2) is 14.8 Å². The lowest BCUT2D eigenvalue weighted by Gasteiger charge is -2.10. The van der Waals surface area contributed by atoms with Gasteiger partial charge in [-0.3, -0.25) is 4.68 Å². The Labute approximate surface area is 99.1 Å². The second-order valence-corrected chi connectivity index (χ2v) is 4.92. The third kappa shape index (κ3) is 2.01. The molecule has 86 valence electrons. The summed E-state index contributed by atoms with van der Waals surface area (Å²) in [6.45, 7) is 4.06. The molecule has 0 fully saturated rings. The van der Waals surface area contributed by atoms with Crippen LogP contribution in [0.15, 0.2) is 11.6 Å². The second kappa shape index (κ2) is 4.35. The number of hydrogen-bond donors (Lipinski definition) is 1. The van der Waals surface area contributed by atoms with E-state index in [9.17, 15) is 0 Å². The molecule has 0 aliphatic carbocycles. The normalized spacial score (nSPS) is 13.0. The topological polar surface area (TPSA) is 56.7 Å². The number of nitrogens with zero attached hydrogens (tertiary/aromatic N) is 3. The van der Waals surface area contributed by atoms with Crippen molar-refractivity contribution in [1.82, 2.24) is 14.8 Å². The van der Waals surface area contributed by atoms with E-state index in [0.717, 1.165) is 28.4 Å². The molecule has 0 amide bonds. The van der Waals surface area contributed by atoms with Gasteiger partial charge in [0.05, 0.1) is 10.7 Å². The summed E-state index contributed by atoms with van der Waals surface area (Å²) in [6.07, 6.45) is 2.60. The fraction of sp³-hybridized carbons (Fsp3) is 0.455. The monoisotopic (exact) mass is 236 g/mol. The van der Waals surface area contributed by atoms with Crippen LogP contribution in [0.4, 0.5) is 0 Å². The standard InChI is InChI=1S/C11H16N4S/c1-7-11(8(2)15(3)14-7)9(12)6-10-13-4-5-16-10/h4-5,9H,6,12H2,1-3H3. The first-order chi connectivity index (χ1) is 7.59. The van der Waals surface area contributed by atoms with Crippen molar-refractivity contribution in [1.29, 1.82) is 0 Å². The average molecular weight is 236 g/mol. The van der Waals surface area contributed by atoms with Crippen molar-refractivity contribution < 1.29 is 0 Å². The zero-order valence-electron chi connectivity index (χ0n) is 9.77. The largest absolute Gasteiger partial charge is 0.323 e. The number of aryl methyl sites for hydroxylation is 2. The third-order valence-corrected chi connectivity index (χ3v) is 3.62. The minimum atomic E-state index is -0.0140. The summed E-state index contributed by atoms with van der Waals surface area (Å²) in [5.41, 5.74) is 9.52. The van der Waals surface area contributed by atoms with Crippen LogP contribution in [0.1, 0.15) is 28.0 Å². The van der Waals surface area contributed by atoms with Crippen molar-refractivity contribution in [3.05, 3.63) is 33.5 Å². The van der Waals surface area contributed by atoms with Gasteiger partial charge in [-0.05, 0) is 13.8 Å². The van der Waals surface area contributed by atoms with Gasteiger partial charge >= 0.3 is 0 Å². The molecule has 0 aromatic carbocycles. The molecule has 0 spiro atoms. The molecular formula is C11H16N4S. The Morgan fingerprint density at radius 1 is 1.50 bits per heavy atom. The first kappa shape index (κ1) is 11.3. The Kier molecular flexibility index (Phi) is 3.07. The van der Waals surface area contributed by atoms with Crippen molar-refractivity contribution in [2.24, 2.45) is 12.8 Å². The lowest BCUT2D eigenvalue weighted by molar-refractivity contribution is 0.698. The Balaban J connectivity index is 2.24. The molecule has 16 heavy (non-hydrogen) atoms. The highest BCUT2D eigenvalue weighted by Crippen LogP contribution is 2.23. The molecule has 2 rings (SSSR count). The lowest BCUT2D eigenvalue weighted by Crippen LogP contribution is -2.15. The van der Waals surface area contributed by atoms with Gasteiger partial charge in [0.25, 0.3) is 0 Å². The molecule has 0 saturated heterocycles. The summed E-state index contributed by atoms with van der Waals surface area (Å²) in [4.78, 5) is 4.26. The molecule has 1 unspecified atom stereocenters. The highest BCUT2D eigenvalue weighted by atomic mass is 32.1. The Bertz CT molecular complexity index is 472. The number of thiazole rings is 1. The van der Waals surface area contributed by atoms with Crippen LogP contribution in [0.3, 0.4) is 0 Å². The van der Waals surface area contributed by atoms with Crippen molar-refractivity contribution in [3.8, 4) is 0 Å². The van der Waals surface area contributed by atoms with E-state index in [1.54, 1.807) is 11.3 Å². The molecule has 2 N–H and O–H groups in total. The Morgan fingerprint density at radius 2 is 2.25 bits per heavy atom. The van der Waals surface area contributed by atoms with E-state index in [1.807, 2.05) is 30.2 Å². The maximum Gasteiger partial charge on any atom is 0.0943 e. The van der Waals surface area contributed by atoms with E-state index >= 15 is 0 Å². The molecule has 5 heteroatoms. The van der Waals surface area contributed by atoms with Crippen LogP contribution in [0.25, 0.3) is 0 Å². The van der Waals surface area contributed by atoms with Gasteiger partial charge < -0.3 is 5.73 Å². The van der Waals surface area contributed by atoms with Gasteiger partial charge in [-0.15, -0.1) is 11.3 Å². The van der Waals surface area contributed by atoms with Crippen molar-refractivity contribution in [3.63, 3.8) is 0 Å². The van der Waals surface area contributed by atoms with E-state index < -0.39 is 0 Å². The van der Waals surface area contributed by atoms with Gasteiger partial charge in [0.1, 0.15) is 0 Å². The minimum Gasteiger partial charge on any atom is -0.323 e. The summed E-state index contributed by atoms with van der Waals surface area (Å²) in [6, 6.07) is -0.0140. The maximum atomic E-state index is 6.21. The lowest BCUT2D eigenvalue weighted by atomic mass is 10.0. The van der Waals surface area contributed by atoms with E-state index in [1.165, 1.54) is 0 Å². The zero-order valence-corrected chi connectivity index (χ0v) is 10.6. The quantitative estimate of drug-likeness (QED) is 0.883. The summed E-state index contributed by atoms with van der Waals surface area (Å²) in [7, 11) is 1.95. The summed E-state index contributed by atoms with van der Waals surface area (Å²) in [5, 5.41) is 7.44. The predicted molar refractivity (Wildman–Crippen MR) is 65.4 cm³/mol. The van der Waals surface area contributed by atoms with Gasteiger partial charge in [0.2, 0.25) is 0 Å². The van der Waals surface area contributed by atoms with E-state index in [4.69, 9.17) is 5.73 Å². The van der Waals surface area contributed by atoms with E-state index in [2.05, 4.69) is 17.0 Å². The van der Waals surface area contributed by atoms with Gasteiger partial charge in [-0.25, -0.2) is 4.98 Å². The third-order valence-electron chi connectivity index (χ3n) is 2.81. The molecule has 1 atom stereocenters. The van der Waals surface area contributed by atoms with Gasteiger partial charge in [0.15, 0.2) is 0 Å². The Morgan fingerprint density at radius 3 is 2.75 bits per heavy atom. The molecule has 4 nitrogen and oxygen atoms in total. The molecule has 0 aliphatic rings. The summed E-state index contributed by atoms with van der Waals surface area (Å²) < 4.78 is 1.88. The molecular weight excluding hydrogens is 220 g/mol. The molecule has 0 saturated carbocycles. The van der Waals surface area contributed by atoms with Crippen LogP contribution in [0.5, 0.6) is 0 Å². The zero-order chi connectivity index (χ0) is 11.7. The van der Waals surface area contributed by atoms with E-state index in [-0.39, 0.29) is 6.04 Å². The number of aromatic nitrogens is 3. The van der Waals surface area contributed by atoms with Gasteiger partial charge in [-0.2, -0.15) is 5.10 Å². The van der Waals surface area contributed by atoms with Gasteiger partial charge in [0, 0.05) is 42.3 Å². The van der Waals surface area contributed by atoms with Crippen molar-refractivity contribution >= 4 is 11.3 Å². The smallest absolute Gasteiger partial charge is 0.0943 e. The highest BCUT2D eigenvalue weighted by Gasteiger charge is 2.17. The minimum absolute atomic E-state index is 0.0140. The number of hydrogen-bond acceptors (Lipinski definition) is 4. The van der Waals surface area contributed by atoms with Gasteiger partial charge in [-0.1, -0.05) is 0 Å². The molecule has 2 aromatic heterocycles. The molecule has 2 aromatic rings. The molecule has 2 heterocycles. The van der Waals surface area contributed by atoms with Crippen LogP contribution < -0.4 is 5.73 Å². The first-order valence-electron chi connectivity index (χ1n) is 5.23. The predicted octanol–water partition coefficient (Wildman–Crippen LogP) is 1.74. The fourth-order valence-corrected chi connectivity index (χ4v) is 2.65. The summed E-state index contributed by atoms with van der Waals surface area (Å²) >= 11 is 1.65. The SMILES string of the molecule is Cc1nn(C)c(C)c1C(N)Cc1nccs1. The first-order valence-corrected chi connectivity index (χ1v) is 6.11. The molecule has 0 bridgehead atoms. The van der Waals surface area contributed by atoms with Crippen LogP contribution in [0, 0.1) is 13.8 Å². The average Bonchev–Trinajstić information content (AvgIpc) is 2.77. The fourth-order valence-electron chi connectivity index (χ4n) is 1.97. The molecule has 0 aliphatic heterocycles.